The Bertz CT molecular complexity index is 827. The molecule has 2 atom stereocenters. The fraction of sp³-hybridized carbons (Fsp3) is 0.444. The summed E-state index contributed by atoms with van der Waals surface area (Å²) in [5.41, 5.74) is -1.91. The van der Waals surface area contributed by atoms with Gasteiger partial charge in [0.05, 0.1) is 7.11 Å². The Kier molecular flexibility index (Phi) is 3.85. The highest BCUT2D eigenvalue weighted by molar-refractivity contribution is 7.81. The van der Waals surface area contributed by atoms with E-state index in [9.17, 15) is 9.59 Å². The van der Waals surface area contributed by atoms with E-state index in [0.29, 0.717) is 29.6 Å². The number of carbonyl (C=O) groups is 2. The van der Waals surface area contributed by atoms with Crippen molar-refractivity contribution >= 4 is 40.6 Å². The molecule has 0 aromatic heterocycles. The monoisotopic (exact) mass is 373 g/mol. The summed E-state index contributed by atoms with van der Waals surface area (Å²) in [6.45, 7) is 2.97. The summed E-state index contributed by atoms with van der Waals surface area (Å²) < 4.78 is 11.1. The Morgan fingerprint density at radius 3 is 2.81 bits per heavy atom. The molecular weight excluding hydrogens is 354 g/mol. The summed E-state index contributed by atoms with van der Waals surface area (Å²) in [4.78, 5) is 33.9. The molecule has 1 amide bonds. The molecule has 136 valence electrons. The van der Waals surface area contributed by atoms with Gasteiger partial charge in [0.1, 0.15) is 17.2 Å². The van der Waals surface area contributed by atoms with E-state index in [0.717, 1.165) is 6.42 Å². The van der Waals surface area contributed by atoms with Crippen LogP contribution < -0.4 is 4.90 Å². The maximum Gasteiger partial charge on any atom is 0.311 e. The van der Waals surface area contributed by atoms with Crippen LogP contribution in [0, 0.1) is 0 Å². The van der Waals surface area contributed by atoms with Crippen LogP contribution in [-0.4, -0.2) is 59.1 Å². The fourth-order valence-corrected chi connectivity index (χ4v) is 4.25. The lowest BCUT2D eigenvalue weighted by molar-refractivity contribution is -0.172. The van der Waals surface area contributed by atoms with Gasteiger partial charge in [-0.25, -0.2) is 0 Å². The minimum absolute atomic E-state index is 0.253. The zero-order valence-corrected chi connectivity index (χ0v) is 15.4. The van der Waals surface area contributed by atoms with Crippen molar-refractivity contribution < 1.29 is 19.1 Å². The van der Waals surface area contributed by atoms with Crippen molar-refractivity contribution in [3.05, 3.63) is 30.3 Å². The van der Waals surface area contributed by atoms with Crippen molar-refractivity contribution in [2.45, 2.75) is 31.1 Å². The lowest BCUT2D eigenvalue weighted by atomic mass is 9.99. The van der Waals surface area contributed by atoms with Gasteiger partial charge in [0.15, 0.2) is 5.60 Å². The second kappa shape index (κ2) is 5.85. The van der Waals surface area contributed by atoms with Gasteiger partial charge in [-0.2, -0.15) is 0 Å². The lowest BCUT2D eigenvalue weighted by Crippen LogP contribution is -2.66. The maximum atomic E-state index is 13.5. The van der Waals surface area contributed by atoms with Crippen LogP contribution in [0.3, 0.4) is 0 Å². The minimum atomic E-state index is -1.56. The second-order valence-electron chi connectivity index (χ2n) is 6.66. The second-order valence-corrected chi connectivity index (χ2v) is 7.05. The van der Waals surface area contributed by atoms with Crippen molar-refractivity contribution in [2.24, 2.45) is 4.99 Å². The van der Waals surface area contributed by atoms with Crippen LogP contribution >= 0.6 is 12.2 Å². The van der Waals surface area contributed by atoms with E-state index in [-0.39, 0.29) is 12.3 Å². The average molecular weight is 373 g/mol. The maximum absolute atomic E-state index is 13.5. The third kappa shape index (κ3) is 2.15. The molecule has 2 saturated heterocycles. The number of nitrogens with zero attached hydrogens (tertiary/aromatic N) is 3. The number of morpholine rings is 1. The number of amidine groups is 1. The fourth-order valence-electron chi connectivity index (χ4n) is 3.87. The molecule has 26 heavy (non-hydrogen) atoms. The minimum Gasteiger partial charge on any atom is -0.469 e. The number of amides is 1. The van der Waals surface area contributed by atoms with Crippen molar-refractivity contribution in [3.8, 4) is 0 Å². The lowest BCUT2D eigenvalue weighted by Gasteiger charge is -2.44. The highest BCUT2D eigenvalue weighted by Gasteiger charge is 2.69. The number of hydrogen-bond acceptors (Lipinski definition) is 6. The molecule has 3 heterocycles. The van der Waals surface area contributed by atoms with Crippen LogP contribution in [0.4, 0.5) is 5.69 Å². The number of anilines is 1. The topological polar surface area (TPSA) is 71.4 Å². The molecule has 8 heteroatoms. The van der Waals surface area contributed by atoms with Gasteiger partial charge in [0, 0.05) is 18.8 Å². The standard InChI is InChI=1S/C18H19N3O4S/c1-17-14-19-9-6-10-20(14)15(23)18(25-17,11-13(22)24-2)21(16(17)26)12-7-4-3-5-8-12/h3-5,7-8H,6,9-11H2,1-2H3. The van der Waals surface area contributed by atoms with Crippen LogP contribution in [0.5, 0.6) is 0 Å². The first-order valence-corrected chi connectivity index (χ1v) is 8.88. The Morgan fingerprint density at radius 1 is 1.38 bits per heavy atom. The summed E-state index contributed by atoms with van der Waals surface area (Å²) in [7, 11) is 1.29. The number of hydrogen-bond donors (Lipinski definition) is 0. The van der Waals surface area contributed by atoms with Crippen LogP contribution in [0.1, 0.15) is 19.8 Å². The molecule has 0 radical (unpaired) electrons. The zero-order valence-electron chi connectivity index (χ0n) is 14.6. The van der Waals surface area contributed by atoms with E-state index in [1.165, 1.54) is 7.11 Å². The van der Waals surface area contributed by atoms with E-state index >= 15 is 0 Å². The first kappa shape index (κ1) is 17.1. The summed E-state index contributed by atoms with van der Waals surface area (Å²) >= 11 is 5.74. The molecule has 0 saturated carbocycles. The molecule has 2 unspecified atom stereocenters. The van der Waals surface area contributed by atoms with Gasteiger partial charge in [-0.15, -0.1) is 0 Å². The summed E-state index contributed by atoms with van der Waals surface area (Å²) in [6.07, 6.45) is 0.508. The molecule has 3 aliphatic heterocycles. The molecule has 3 aliphatic rings. The van der Waals surface area contributed by atoms with Crippen LogP contribution in [0.2, 0.25) is 0 Å². The molecular formula is C18H19N3O4S. The summed E-state index contributed by atoms with van der Waals surface area (Å²) in [5, 5.41) is 0. The smallest absolute Gasteiger partial charge is 0.311 e. The molecule has 1 aromatic rings. The van der Waals surface area contributed by atoms with Crippen molar-refractivity contribution in [2.75, 3.05) is 25.1 Å². The largest absolute Gasteiger partial charge is 0.469 e. The first-order valence-electron chi connectivity index (χ1n) is 8.47. The SMILES string of the molecule is COC(=O)CC12OC(C)(C(=S)N1c1ccccc1)C1=NCCCN1C2=O. The van der Waals surface area contributed by atoms with Gasteiger partial charge in [-0.05, 0) is 25.5 Å². The Labute approximate surface area is 156 Å². The molecule has 0 aliphatic carbocycles. The molecule has 0 spiro atoms. The van der Waals surface area contributed by atoms with Crippen molar-refractivity contribution in [1.29, 1.82) is 0 Å². The van der Waals surface area contributed by atoms with E-state index in [1.807, 2.05) is 37.3 Å². The van der Waals surface area contributed by atoms with Crippen LogP contribution in [-0.2, 0) is 19.1 Å². The third-order valence-corrected chi connectivity index (χ3v) is 5.61. The zero-order chi connectivity index (χ0) is 18.5. The van der Waals surface area contributed by atoms with Gasteiger partial charge < -0.3 is 9.47 Å². The Balaban J connectivity index is 1.93. The number of para-hydroxylation sites is 1. The van der Waals surface area contributed by atoms with Crippen LogP contribution in [0.15, 0.2) is 35.3 Å². The molecule has 0 N–H and O–H groups in total. The van der Waals surface area contributed by atoms with Gasteiger partial charge in [-0.1, -0.05) is 30.4 Å². The number of methoxy groups -OCH3 is 1. The van der Waals surface area contributed by atoms with Crippen molar-refractivity contribution in [3.63, 3.8) is 0 Å². The molecule has 4 rings (SSSR count). The normalized spacial score (nSPS) is 30.2. The van der Waals surface area contributed by atoms with E-state index in [4.69, 9.17) is 21.7 Å². The van der Waals surface area contributed by atoms with Gasteiger partial charge in [-0.3, -0.25) is 24.4 Å². The number of rotatable bonds is 3. The van der Waals surface area contributed by atoms with Gasteiger partial charge >= 0.3 is 5.97 Å². The number of ether oxygens (including phenoxy) is 2. The van der Waals surface area contributed by atoms with E-state index in [1.54, 1.807) is 9.80 Å². The highest BCUT2D eigenvalue weighted by Crippen LogP contribution is 2.48. The van der Waals surface area contributed by atoms with Gasteiger partial charge in [0.25, 0.3) is 5.91 Å². The molecule has 2 fully saturated rings. The van der Waals surface area contributed by atoms with Crippen molar-refractivity contribution in [1.82, 2.24) is 4.90 Å². The third-order valence-electron chi connectivity index (χ3n) is 5.03. The molecule has 7 nitrogen and oxygen atoms in total. The Hall–Kier alpha value is -2.32. The number of benzene rings is 1. The molecule has 1 aromatic carbocycles. The number of carbonyl (C=O) groups excluding carboxylic acids is 2. The number of thiocarbonyl (C=S) groups is 1. The van der Waals surface area contributed by atoms with Crippen LogP contribution in [0.25, 0.3) is 0 Å². The quantitative estimate of drug-likeness (QED) is 0.591. The number of esters is 1. The number of aliphatic imine (C=N–C) groups is 1. The molecule has 2 bridgehead atoms. The average Bonchev–Trinajstić information content (AvgIpc) is 2.87. The number of fused-ring (bicyclic) bond motifs is 4. The van der Waals surface area contributed by atoms with Gasteiger partial charge in [0.2, 0.25) is 5.72 Å². The Morgan fingerprint density at radius 2 is 2.12 bits per heavy atom. The highest BCUT2D eigenvalue weighted by atomic mass is 32.1. The predicted molar refractivity (Wildman–Crippen MR) is 99.0 cm³/mol. The predicted octanol–water partition coefficient (Wildman–Crippen LogP) is 1.51. The van der Waals surface area contributed by atoms with E-state index < -0.39 is 17.3 Å². The first-order chi connectivity index (χ1) is 12.4. The summed E-state index contributed by atoms with van der Waals surface area (Å²) in [6, 6.07) is 9.26. The van der Waals surface area contributed by atoms with E-state index in [2.05, 4.69) is 4.99 Å². The summed E-state index contributed by atoms with van der Waals surface area (Å²) in [5.74, 6) is -0.344.